The fourth-order valence-corrected chi connectivity index (χ4v) is 3.97. The second kappa shape index (κ2) is 6.62. The van der Waals surface area contributed by atoms with E-state index < -0.39 is 10.0 Å². The molecule has 0 aromatic rings. The van der Waals surface area contributed by atoms with Gasteiger partial charge in [0.1, 0.15) is 0 Å². The van der Waals surface area contributed by atoms with Crippen LogP contribution in [0.3, 0.4) is 0 Å². The van der Waals surface area contributed by atoms with Gasteiger partial charge in [-0.3, -0.25) is 4.79 Å². The molecule has 2 saturated heterocycles. The largest absolute Gasteiger partial charge is 0.341 e. The maximum atomic E-state index is 12.8. The highest BCUT2D eigenvalue weighted by atomic mass is 32.2. The van der Waals surface area contributed by atoms with Gasteiger partial charge in [-0.05, 0) is 44.6 Å². The molecule has 2 aliphatic heterocycles. The Balaban J connectivity index is 1.95. The molecular weight excluding hydrogens is 290 g/mol. The highest BCUT2D eigenvalue weighted by Gasteiger charge is 2.42. The Bertz CT molecular complexity index is 472. The number of piperidine rings is 1. The third kappa shape index (κ3) is 4.17. The van der Waals surface area contributed by atoms with Crippen molar-refractivity contribution in [2.24, 2.45) is 5.92 Å². The molecule has 2 N–H and O–H groups in total. The van der Waals surface area contributed by atoms with E-state index >= 15 is 0 Å². The maximum Gasteiger partial charge on any atom is 0.242 e. The second-order valence-corrected chi connectivity index (χ2v) is 8.18. The minimum atomic E-state index is -3.16. The Hall–Kier alpha value is -0.660. The SMILES string of the molecule is CCC1(C(=O)N2CCCC(CNS(C)(=O)=O)C2)CCCN1. The van der Waals surface area contributed by atoms with E-state index in [4.69, 9.17) is 0 Å². The summed E-state index contributed by atoms with van der Waals surface area (Å²) in [6, 6.07) is 0. The van der Waals surface area contributed by atoms with Crippen LogP contribution in [0.25, 0.3) is 0 Å². The molecule has 2 aliphatic rings. The van der Waals surface area contributed by atoms with Gasteiger partial charge in [-0.25, -0.2) is 13.1 Å². The van der Waals surface area contributed by atoms with Crippen LogP contribution in [0.15, 0.2) is 0 Å². The molecule has 0 bridgehead atoms. The van der Waals surface area contributed by atoms with Crippen LogP contribution in [-0.4, -0.2) is 57.2 Å². The summed E-state index contributed by atoms with van der Waals surface area (Å²) in [5, 5.41) is 3.39. The van der Waals surface area contributed by atoms with Crippen molar-refractivity contribution in [3.05, 3.63) is 0 Å². The molecule has 0 spiro atoms. The Morgan fingerprint density at radius 2 is 2.19 bits per heavy atom. The van der Waals surface area contributed by atoms with Gasteiger partial charge in [-0.15, -0.1) is 0 Å². The van der Waals surface area contributed by atoms with Crippen LogP contribution in [0.2, 0.25) is 0 Å². The topological polar surface area (TPSA) is 78.5 Å². The molecule has 0 aromatic heterocycles. The molecule has 2 heterocycles. The first-order valence-electron chi connectivity index (χ1n) is 7.85. The first kappa shape index (κ1) is 16.7. The van der Waals surface area contributed by atoms with E-state index in [-0.39, 0.29) is 17.4 Å². The second-order valence-electron chi connectivity index (χ2n) is 6.35. The lowest BCUT2D eigenvalue weighted by Gasteiger charge is -2.38. The third-order valence-electron chi connectivity index (χ3n) is 4.70. The molecule has 2 unspecified atom stereocenters. The predicted octanol–water partition coefficient (Wildman–Crippen LogP) is 0.306. The number of likely N-dealkylation sites (tertiary alicyclic amines) is 1. The van der Waals surface area contributed by atoms with Crippen LogP contribution in [-0.2, 0) is 14.8 Å². The average Bonchev–Trinajstić information content (AvgIpc) is 2.94. The van der Waals surface area contributed by atoms with E-state index in [1.807, 2.05) is 4.90 Å². The third-order valence-corrected chi connectivity index (χ3v) is 5.39. The monoisotopic (exact) mass is 317 g/mol. The Kier molecular flexibility index (Phi) is 5.27. The summed E-state index contributed by atoms with van der Waals surface area (Å²) in [6.07, 6.45) is 5.86. The molecule has 2 rings (SSSR count). The molecule has 0 radical (unpaired) electrons. The van der Waals surface area contributed by atoms with Crippen LogP contribution in [0, 0.1) is 5.92 Å². The fourth-order valence-electron chi connectivity index (χ4n) is 3.43. The number of amides is 1. The molecule has 0 aromatic carbocycles. The normalized spacial score (nSPS) is 30.6. The summed E-state index contributed by atoms with van der Waals surface area (Å²) in [4.78, 5) is 14.8. The molecule has 122 valence electrons. The van der Waals surface area contributed by atoms with Crippen LogP contribution in [0.1, 0.15) is 39.0 Å². The molecule has 7 heteroatoms. The van der Waals surface area contributed by atoms with Crippen LogP contribution in [0.5, 0.6) is 0 Å². The lowest BCUT2D eigenvalue weighted by atomic mass is 9.90. The molecule has 0 aliphatic carbocycles. The van der Waals surface area contributed by atoms with E-state index in [1.165, 1.54) is 6.26 Å². The summed E-state index contributed by atoms with van der Waals surface area (Å²) in [5.74, 6) is 0.416. The minimum absolute atomic E-state index is 0.201. The number of nitrogens with one attached hydrogen (secondary N) is 2. The van der Waals surface area contributed by atoms with Crippen LogP contribution in [0.4, 0.5) is 0 Å². The van der Waals surface area contributed by atoms with Crippen molar-refractivity contribution in [1.29, 1.82) is 0 Å². The van der Waals surface area contributed by atoms with E-state index in [0.29, 0.717) is 13.1 Å². The summed E-state index contributed by atoms with van der Waals surface area (Å²) < 4.78 is 25.0. The molecule has 2 fully saturated rings. The Morgan fingerprint density at radius 1 is 1.43 bits per heavy atom. The first-order chi connectivity index (χ1) is 9.86. The number of nitrogens with zero attached hydrogens (tertiary/aromatic N) is 1. The van der Waals surface area contributed by atoms with Crippen molar-refractivity contribution in [3.63, 3.8) is 0 Å². The van der Waals surface area contributed by atoms with Crippen molar-refractivity contribution < 1.29 is 13.2 Å². The summed E-state index contributed by atoms with van der Waals surface area (Å²) in [6.45, 7) is 4.84. The van der Waals surface area contributed by atoms with Gasteiger partial charge < -0.3 is 10.2 Å². The van der Waals surface area contributed by atoms with Crippen molar-refractivity contribution in [2.75, 3.05) is 32.4 Å². The summed E-state index contributed by atoms with van der Waals surface area (Å²) in [5.41, 5.74) is -0.383. The summed E-state index contributed by atoms with van der Waals surface area (Å²) in [7, 11) is -3.16. The van der Waals surface area contributed by atoms with Crippen molar-refractivity contribution in [3.8, 4) is 0 Å². The van der Waals surface area contributed by atoms with Gasteiger partial charge in [0.25, 0.3) is 0 Å². The van der Waals surface area contributed by atoms with Crippen molar-refractivity contribution >= 4 is 15.9 Å². The zero-order valence-electron chi connectivity index (χ0n) is 13.0. The first-order valence-corrected chi connectivity index (χ1v) is 9.74. The van der Waals surface area contributed by atoms with Gasteiger partial charge in [0.15, 0.2) is 0 Å². The lowest BCUT2D eigenvalue weighted by molar-refractivity contribution is -0.139. The van der Waals surface area contributed by atoms with E-state index in [9.17, 15) is 13.2 Å². The highest BCUT2D eigenvalue weighted by Crippen LogP contribution is 2.27. The van der Waals surface area contributed by atoms with E-state index in [2.05, 4.69) is 17.0 Å². The highest BCUT2D eigenvalue weighted by molar-refractivity contribution is 7.88. The van der Waals surface area contributed by atoms with Gasteiger partial charge in [0.2, 0.25) is 15.9 Å². The van der Waals surface area contributed by atoms with Gasteiger partial charge in [-0.2, -0.15) is 0 Å². The Morgan fingerprint density at radius 3 is 2.76 bits per heavy atom. The number of hydrogen-bond acceptors (Lipinski definition) is 4. The van der Waals surface area contributed by atoms with Gasteiger partial charge >= 0.3 is 0 Å². The lowest BCUT2D eigenvalue weighted by Crippen LogP contribution is -2.57. The number of rotatable bonds is 5. The average molecular weight is 317 g/mol. The standard InChI is InChI=1S/C14H27N3O3S/c1-3-14(7-5-8-15-14)13(18)17-9-4-6-12(11-17)10-16-21(2,19)20/h12,15-16H,3-11H2,1-2H3. The maximum absolute atomic E-state index is 12.8. The molecule has 0 saturated carbocycles. The van der Waals surface area contributed by atoms with Crippen LogP contribution >= 0.6 is 0 Å². The van der Waals surface area contributed by atoms with E-state index in [1.54, 1.807) is 0 Å². The van der Waals surface area contributed by atoms with Gasteiger partial charge in [0, 0.05) is 19.6 Å². The zero-order chi connectivity index (χ0) is 15.5. The molecular formula is C14H27N3O3S. The number of carbonyl (C=O) groups excluding carboxylic acids is 1. The van der Waals surface area contributed by atoms with E-state index in [0.717, 1.165) is 45.2 Å². The fraction of sp³-hybridized carbons (Fsp3) is 0.929. The molecule has 1 amide bonds. The number of sulfonamides is 1. The predicted molar refractivity (Wildman–Crippen MR) is 82.4 cm³/mol. The van der Waals surface area contributed by atoms with Gasteiger partial charge in [-0.1, -0.05) is 6.92 Å². The minimum Gasteiger partial charge on any atom is -0.341 e. The molecule has 6 nitrogen and oxygen atoms in total. The number of hydrogen-bond donors (Lipinski definition) is 2. The van der Waals surface area contributed by atoms with Gasteiger partial charge in [0.05, 0.1) is 11.8 Å². The molecule has 2 atom stereocenters. The molecule has 21 heavy (non-hydrogen) atoms. The number of carbonyl (C=O) groups is 1. The quantitative estimate of drug-likeness (QED) is 0.765. The Labute approximate surface area is 127 Å². The van der Waals surface area contributed by atoms with Crippen LogP contribution < -0.4 is 10.0 Å². The smallest absolute Gasteiger partial charge is 0.242 e. The zero-order valence-corrected chi connectivity index (χ0v) is 13.8. The van der Waals surface area contributed by atoms with Crippen molar-refractivity contribution in [2.45, 2.75) is 44.6 Å². The summed E-state index contributed by atoms with van der Waals surface area (Å²) >= 11 is 0. The van der Waals surface area contributed by atoms with Crippen molar-refractivity contribution in [1.82, 2.24) is 14.9 Å².